The maximum Gasteiger partial charge on any atom is 0.167 e. The van der Waals surface area contributed by atoms with Gasteiger partial charge in [-0.2, -0.15) is 0 Å². The van der Waals surface area contributed by atoms with Gasteiger partial charge in [-0.15, -0.1) is 0 Å². The van der Waals surface area contributed by atoms with Crippen LogP contribution in [0.25, 0.3) is 212 Å². The predicted octanol–water partition coefficient (Wildman–Crippen LogP) is 25.9. The van der Waals surface area contributed by atoms with Crippen LogP contribution in [0.1, 0.15) is 0 Å². The minimum atomic E-state index is 0.559. The number of benzene rings is 15. The number of hydrogen-bond donors (Lipinski definition) is 0. The van der Waals surface area contributed by atoms with E-state index in [2.05, 4.69) is 163 Å². The van der Waals surface area contributed by atoms with Crippen molar-refractivity contribution >= 4 is 76.6 Å². The van der Waals surface area contributed by atoms with Gasteiger partial charge < -0.3 is 13.3 Å². The number of furan rings is 3. The number of fused-ring (bicyclic) bond motifs is 10. The van der Waals surface area contributed by atoms with Crippen molar-refractivity contribution in [2.45, 2.75) is 0 Å². The maximum absolute atomic E-state index is 6.39. The number of pyridine rings is 1. The molecule has 7 heterocycles. The van der Waals surface area contributed by atoms with Crippen molar-refractivity contribution in [1.29, 1.82) is 0 Å². The highest BCUT2D eigenvalue weighted by molar-refractivity contribution is 6.12. The summed E-state index contributed by atoms with van der Waals surface area (Å²) in [6.45, 7) is 0. The minimum Gasteiger partial charge on any atom is -0.455 e. The second-order valence-corrected chi connectivity index (χ2v) is 27.7. The van der Waals surface area contributed by atoms with E-state index in [9.17, 15) is 0 Å². The topological polar surface area (TPSA) is 168 Å². The summed E-state index contributed by atoms with van der Waals surface area (Å²) in [5.74, 6) is 5.54. The molecule has 0 radical (unpaired) electrons. The molecule has 0 fully saturated rings. The molecule has 0 aliphatic carbocycles. The van der Waals surface area contributed by atoms with Crippen molar-refractivity contribution in [3.05, 3.63) is 389 Å². The Kier molecular flexibility index (Phi) is 18.0. The Labute approximate surface area is 660 Å². The molecule has 0 aliphatic heterocycles. The van der Waals surface area contributed by atoms with Gasteiger partial charge in [-0.3, -0.25) is 4.98 Å². The average Bonchev–Trinajstić information content (AvgIpc) is 1.67. The molecule has 0 saturated heterocycles. The summed E-state index contributed by atoms with van der Waals surface area (Å²) in [4.78, 5) is 48.4. The second-order valence-electron chi connectivity index (χ2n) is 27.7. The molecular formula is C102H64N10O3. The lowest BCUT2D eigenvalue weighted by Crippen LogP contribution is -2.00. The summed E-state index contributed by atoms with van der Waals surface area (Å²) in [6, 6.07) is 127. The van der Waals surface area contributed by atoms with Crippen LogP contribution < -0.4 is 0 Å². The number of para-hydroxylation sites is 6. The fraction of sp³-hybridized carbons (Fsp3) is 0. The quantitative estimate of drug-likeness (QED) is 0.113. The fourth-order valence-corrected chi connectivity index (χ4v) is 14.9. The zero-order valence-electron chi connectivity index (χ0n) is 61.6. The lowest BCUT2D eigenvalue weighted by molar-refractivity contribution is 0.669. The van der Waals surface area contributed by atoms with Gasteiger partial charge in [-0.25, -0.2) is 44.9 Å². The molecule has 0 unspecified atom stereocenters. The SMILES string of the molecule is c1ccc(-c2nc(-c3ccccc3)nc(-c3cccc(-c4cccc5c4oc4ccccc45)c3)n2)cc1.c1ccc(-c2nc(-c3ccccc3)nc(-c3cccc4c3oc3ccccc34)n2)cc1.c1cncc(-c2ccc(-c3nc(-c4ccc(-c5cccc6ccccc56)cc4)nc(-c4cccc5c4oc4ccccc45)n3)cc2)c1. The Balaban J connectivity index is 0.000000114. The van der Waals surface area contributed by atoms with E-state index >= 15 is 0 Å². The summed E-state index contributed by atoms with van der Waals surface area (Å²) in [7, 11) is 0. The largest absolute Gasteiger partial charge is 0.455 e. The van der Waals surface area contributed by atoms with Crippen LogP contribution >= 0.6 is 0 Å². The van der Waals surface area contributed by atoms with Crippen molar-refractivity contribution in [1.82, 2.24) is 49.8 Å². The van der Waals surface area contributed by atoms with Crippen molar-refractivity contribution in [3.8, 4) is 136 Å². The first-order valence-electron chi connectivity index (χ1n) is 37.9. The van der Waals surface area contributed by atoms with Gasteiger partial charge in [-0.1, -0.05) is 334 Å². The molecule has 13 heteroatoms. The van der Waals surface area contributed by atoms with E-state index in [0.717, 1.165) is 144 Å². The summed E-state index contributed by atoms with van der Waals surface area (Å²) in [5, 5.41) is 8.90. The van der Waals surface area contributed by atoms with Crippen LogP contribution in [-0.2, 0) is 0 Å². The number of nitrogens with zero attached hydrogens (tertiary/aromatic N) is 10. The van der Waals surface area contributed by atoms with Crippen LogP contribution in [0.5, 0.6) is 0 Å². The molecule has 7 aromatic heterocycles. The van der Waals surface area contributed by atoms with Gasteiger partial charge >= 0.3 is 0 Å². The molecule has 0 atom stereocenters. The van der Waals surface area contributed by atoms with Gasteiger partial charge in [0.25, 0.3) is 0 Å². The molecule has 0 spiro atoms. The Bertz CT molecular complexity index is 7210. The molecule has 22 aromatic rings. The molecule has 0 aliphatic rings. The zero-order chi connectivity index (χ0) is 76.4. The number of hydrogen-bond acceptors (Lipinski definition) is 13. The van der Waals surface area contributed by atoms with Gasteiger partial charge in [0.2, 0.25) is 0 Å². The van der Waals surface area contributed by atoms with E-state index in [-0.39, 0.29) is 0 Å². The zero-order valence-corrected chi connectivity index (χ0v) is 61.6. The van der Waals surface area contributed by atoms with E-state index in [1.165, 1.54) is 16.3 Å². The lowest BCUT2D eigenvalue weighted by Gasteiger charge is -2.11. The molecule has 540 valence electrons. The highest BCUT2D eigenvalue weighted by Crippen LogP contribution is 2.41. The van der Waals surface area contributed by atoms with Crippen LogP contribution in [0, 0.1) is 0 Å². The Morgan fingerprint density at radius 2 is 0.452 bits per heavy atom. The minimum absolute atomic E-state index is 0.559. The van der Waals surface area contributed by atoms with Gasteiger partial charge in [-0.05, 0) is 81.1 Å². The maximum atomic E-state index is 6.39. The summed E-state index contributed by atoms with van der Waals surface area (Å²) >= 11 is 0. The second kappa shape index (κ2) is 30.2. The lowest BCUT2D eigenvalue weighted by atomic mass is 9.97. The number of aromatic nitrogens is 10. The van der Waals surface area contributed by atoms with Crippen LogP contribution in [0.4, 0.5) is 0 Å². The van der Waals surface area contributed by atoms with E-state index in [1.807, 2.05) is 225 Å². The van der Waals surface area contributed by atoms with Crippen LogP contribution in [0.3, 0.4) is 0 Å². The normalized spacial score (nSPS) is 11.3. The highest BCUT2D eigenvalue weighted by Gasteiger charge is 2.22. The Morgan fingerprint density at radius 3 is 0.887 bits per heavy atom. The molecule has 15 aromatic carbocycles. The third-order valence-corrected chi connectivity index (χ3v) is 20.5. The van der Waals surface area contributed by atoms with E-state index in [1.54, 1.807) is 6.20 Å². The third-order valence-electron chi connectivity index (χ3n) is 20.5. The Hall–Kier alpha value is -15.9. The van der Waals surface area contributed by atoms with E-state index < -0.39 is 0 Å². The molecule has 0 saturated carbocycles. The van der Waals surface area contributed by atoms with Gasteiger partial charge in [0.15, 0.2) is 52.4 Å². The van der Waals surface area contributed by atoms with Gasteiger partial charge in [0.05, 0.1) is 11.1 Å². The van der Waals surface area contributed by atoms with Crippen molar-refractivity contribution in [3.63, 3.8) is 0 Å². The molecule has 115 heavy (non-hydrogen) atoms. The first-order chi connectivity index (χ1) is 57.0. The van der Waals surface area contributed by atoms with E-state index in [0.29, 0.717) is 52.4 Å². The van der Waals surface area contributed by atoms with Crippen LogP contribution in [-0.4, -0.2) is 49.8 Å². The molecule has 22 rings (SSSR count). The van der Waals surface area contributed by atoms with Crippen LogP contribution in [0.2, 0.25) is 0 Å². The number of rotatable bonds is 12. The van der Waals surface area contributed by atoms with Crippen molar-refractivity contribution in [2.75, 3.05) is 0 Å². The van der Waals surface area contributed by atoms with Gasteiger partial charge in [0, 0.05) is 89.2 Å². The average molecular weight is 1480 g/mol. The molecule has 13 nitrogen and oxygen atoms in total. The van der Waals surface area contributed by atoms with Gasteiger partial charge in [0.1, 0.15) is 33.5 Å². The highest BCUT2D eigenvalue weighted by atomic mass is 16.3. The summed E-state index contributed by atoms with van der Waals surface area (Å²) in [5.41, 5.74) is 19.7. The predicted molar refractivity (Wildman–Crippen MR) is 462 cm³/mol. The monoisotopic (exact) mass is 1480 g/mol. The molecular weight excluding hydrogens is 1410 g/mol. The third kappa shape index (κ3) is 13.6. The van der Waals surface area contributed by atoms with Crippen LogP contribution in [0.15, 0.2) is 402 Å². The molecule has 0 bridgehead atoms. The van der Waals surface area contributed by atoms with Crippen molar-refractivity contribution < 1.29 is 13.3 Å². The first-order valence-corrected chi connectivity index (χ1v) is 37.9. The first kappa shape index (κ1) is 68.4. The Morgan fingerprint density at radius 1 is 0.165 bits per heavy atom. The fourth-order valence-electron chi connectivity index (χ4n) is 14.9. The molecule has 0 N–H and O–H groups in total. The van der Waals surface area contributed by atoms with Crippen molar-refractivity contribution in [2.24, 2.45) is 0 Å². The summed E-state index contributed by atoms with van der Waals surface area (Å²) in [6.07, 6.45) is 3.65. The van der Waals surface area contributed by atoms with E-state index in [4.69, 9.17) is 58.1 Å². The standard InChI is InChI=1S/C42H26N4O.C33H21N3O.C27H17N3O/c1-2-11-33-28(8-1)9-5-13-34(33)29-19-23-31(24-20-29)41-44-40(30-21-17-27(18-22-30)32-10-7-25-43-26-32)45-42(46-41)37-15-6-14-36-35-12-3-4-16-38(35)47-39(36)37;1-3-11-22(12-4-1)31-34-32(23-13-5-2-6-14-23)36-33(35-31)25-16-9-15-24(21-25)26-18-10-19-28-27-17-7-8-20-29(27)37-30(26)28;1-3-10-18(11-4-1)25-28-26(19-12-5-2-6-13-19)30-27(29-25)22-16-9-15-21-20-14-7-8-17-23(20)31-24(21)22/h1-26H;1-21H;1-17H. The summed E-state index contributed by atoms with van der Waals surface area (Å²) < 4.78 is 18.9. The molecule has 0 amide bonds. The smallest absolute Gasteiger partial charge is 0.167 e.